The van der Waals surface area contributed by atoms with Gasteiger partial charge in [-0.3, -0.25) is 9.59 Å². The summed E-state index contributed by atoms with van der Waals surface area (Å²) in [5.74, 6) is -1.01. The van der Waals surface area contributed by atoms with Gasteiger partial charge in [0.1, 0.15) is 11.2 Å². The second kappa shape index (κ2) is 22.4. The van der Waals surface area contributed by atoms with E-state index in [2.05, 4.69) is 6.92 Å². The lowest BCUT2D eigenvalue weighted by molar-refractivity contribution is -0.214. The number of hydrogen-bond acceptors (Lipinski definition) is 12. The Morgan fingerprint density at radius 2 is 0.889 bits per heavy atom. The molecule has 12 heteroatoms. The molecule has 0 amide bonds. The van der Waals surface area contributed by atoms with Crippen LogP contribution in [0.3, 0.4) is 0 Å². The monoisotopic (exact) mass is 773 g/mol. The lowest BCUT2D eigenvalue weighted by atomic mass is 9.49. The molecule has 5 saturated carbocycles. The Bertz CT molecular complexity index is 1200. The van der Waals surface area contributed by atoms with Gasteiger partial charge in [-0.1, -0.05) is 50.5 Å². The molecule has 0 aromatic rings. The highest BCUT2D eigenvalue weighted by molar-refractivity contribution is 5.82. The molecule has 5 aliphatic rings. The molecule has 54 heavy (non-hydrogen) atoms. The van der Waals surface area contributed by atoms with Crippen LogP contribution in [0.2, 0.25) is 0 Å². The minimum atomic E-state index is -0.756. The lowest BCUT2D eigenvalue weighted by Crippen LogP contribution is -2.59. The van der Waals surface area contributed by atoms with Gasteiger partial charge in [-0.25, -0.2) is 19.2 Å². The SMILES string of the molecule is C.C.C.C.CCC(C)(C)C(=O)OCC(=O)OCC(=O)OC1(C)CCCC1.CCC(C)(C)C(=O)OCC(=O)OCC(=O)OC1(CC)C2CC3CC(C2)CC1C3. The van der Waals surface area contributed by atoms with Crippen LogP contribution in [0, 0.1) is 34.5 Å². The summed E-state index contributed by atoms with van der Waals surface area (Å²) in [4.78, 5) is 71.0. The van der Waals surface area contributed by atoms with Crippen molar-refractivity contribution in [1.82, 2.24) is 0 Å². The number of hydrogen-bond donors (Lipinski definition) is 0. The van der Waals surface area contributed by atoms with Gasteiger partial charge in [-0.05, 0) is 135 Å². The maximum absolute atomic E-state index is 12.4. The average Bonchev–Trinajstić information content (AvgIpc) is 3.50. The van der Waals surface area contributed by atoms with Crippen LogP contribution in [-0.4, -0.2) is 73.4 Å². The van der Waals surface area contributed by atoms with E-state index in [0.29, 0.717) is 24.7 Å². The quantitative estimate of drug-likeness (QED) is 0.115. The van der Waals surface area contributed by atoms with Crippen molar-refractivity contribution in [2.45, 2.75) is 173 Å². The molecule has 0 heterocycles. The Labute approximate surface area is 326 Å². The topological polar surface area (TPSA) is 158 Å². The number of rotatable bonds is 15. The van der Waals surface area contributed by atoms with E-state index in [1.54, 1.807) is 27.7 Å². The standard InChI is InChI=1S/C22H34O6.C16H26O6.4CH4/c1-5-21(3,4)20(25)27-12-18(23)26-13-19(24)28-22(6-2)16-8-14-7-15(10-16)11-17(22)9-14;1-5-15(2,3)14(19)21-10-12(17)20-11-13(18)22-16(4)8-6-7-9-16;;;;/h14-17H,5-13H2,1-4H3;5-11H2,1-4H3;4*1H4. The summed E-state index contributed by atoms with van der Waals surface area (Å²) < 4.78 is 30.9. The summed E-state index contributed by atoms with van der Waals surface area (Å²) in [7, 11) is 0. The number of ether oxygens (including phenoxy) is 6. The molecule has 5 rings (SSSR count). The van der Waals surface area contributed by atoms with E-state index in [4.69, 9.17) is 28.4 Å². The van der Waals surface area contributed by atoms with Crippen molar-refractivity contribution in [3.63, 3.8) is 0 Å². The minimum Gasteiger partial charge on any atom is -0.457 e. The Kier molecular flexibility index (Phi) is 21.9. The van der Waals surface area contributed by atoms with Gasteiger partial charge in [-0.2, -0.15) is 0 Å². The molecule has 0 saturated heterocycles. The molecular weight excluding hydrogens is 696 g/mol. The summed E-state index contributed by atoms with van der Waals surface area (Å²) in [6, 6.07) is 0. The first-order chi connectivity index (χ1) is 23.4. The fourth-order valence-electron chi connectivity index (χ4n) is 7.86. The predicted molar refractivity (Wildman–Crippen MR) is 208 cm³/mol. The molecule has 5 aliphatic carbocycles. The van der Waals surface area contributed by atoms with Gasteiger partial charge in [0.05, 0.1) is 10.8 Å². The maximum Gasteiger partial charge on any atom is 0.344 e. The fourth-order valence-corrected chi connectivity index (χ4v) is 7.86. The van der Waals surface area contributed by atoms with Crippen molar-refractivity contribution in [1.29, 1.82) is 0 Å². The first kappa shape index (κ1) is 52.9. The molecule has 4 bridgehead atoms. The Morgan fingerprint density at radius 1 is 0.537 bits per heavy atom. The summed E-state index contributed by atoms with van der Waals surface area (Å²) in [6.45, 7) is 12.8. The second-order valence-electron chi connectivity index (χ2n) is 16.2. The van der Waals surface area contributed by atoms with E-state index < -0.39 is 84.3 Å². The summed E-state index contributed by atoms with van der Waals surface area (Å²) in [6.07, 6.45) is 11.7. The van der Waals surface area contributed by atoms with Gasteiger partial charge in [0, 0.05) is 0 Å². The fraction of sp³-hybridized carbons (Fsp3) is 0.857. The lowest BCUT2D eigenvalue weighted by Gasteiger charge is -2.60. The van der Waals surface area contributed by atoms with Gasteiger partial charge in [0.25, 0.3) is 0 Å². The third-order valence-electron chi connectivity index (χ3n) is 11.6. The molecule has 0 aliphatic heterocycles. The van der Waals surface area contributed by atoms with E-state index in [9.17, 15) is 28.8 Å². The van der Waals surface area contributed by atoms with Crippen LogP contribution in [0.25, 0.3) is 0 Å². The van der Waals surface area contributed by atoms with Gasteiger partial charge >= 0.3 is 35.8 Å². The number of carbonyl (C=O) groups is 6. The Hall–Kier alpha value is -3.18. The van der Waals surface area contributed by atoms with Crippen LogP contribution in [0.1, 0.15) is 162 Å². The van der Waals surface area contributed by atoms with Gasteiger partial charge < -0.3 is 28.4 Å². The first-order valence-electron chi connectivity index (χ1n) is 18.5. The van der Waals surface area contributed by atoms with Gasteiger partial charge in [0.2, 0.25) is 0 Å². The highest BCUT2D eigenvalue weighted by Gasteiger charge is 2.58. The highest BCUT2D eigenvalue weighted by Crippen LogP contribution is 2.60. The maximum atomic E-state index is 12.4. The van der Waals surface area contributed by atoms with E-state index in [1.807, 2.05) is 20.8 Å². The summed E-state index contributed by atoms with van der Waals surface area (Å²) in [5.41, 5.74) is -2.13. The van der Waals surface area contributed by atoms with Crippen LogP contribution >= 0.6 is 0 Å². The largest absolute Gasteiger partial charge is 0.457 e. The second-order valence-corrected chi connectivity index (χ2v) is 16.2. The number of esters is 6. The molecular formula is C42H76O12. The van der Waals surface area contributed by atoms with Crippen LogP contribution in [0.15, 0.2) is 0 Å². The zero-order valence-electron chi connectivity index (χ0n) is 31.5. The normalized spacial score (nSPS) is 24.2. The van der Waals surface area contributed by atoms with Crippen molar-refractivity contribution in [3.8, 4) is 0 Å². The van der Waals surface area contributed by atoms with Crippen LogP contribution in [-0.2, 0) is 57.2 Å². The molecule has 5 fully saturated rings. The Morgan fingerprint density at radius 3 is 1.24 bits per heavy atom. The average molecular weight is 773 g/mol. The first-order valence-corrected chi connectivity index (χ1v) is 18.5. The van der Waals surface area contributed by atoms with E-state index in [1.165, 1.54) is 6.42 Å². The molecule has 316 valence electrons. The van der Waals surface area contributed by atoms with E-state index >= 15 is 0 Å². The zero-order chi connectivity index (χ0) is 37.3. The van der Waals surface area contributed by atoms with Crippen molar-refractivity contribution in [2.75, 3.05) is 26.4 Å². The molecule has 12 nitrogen and oxygen atoms in total. The van der Waals surface area contributed by atoms with Crippen LogP contribution in [0.5, 0.6) is 0 Å². The molecule has 0 atom stereocenters. The molecule has 0 aromatic carbocycles. The highest BCUT2D eigenvalue weighted by atomic mass is 16.6. The van der Waals surface area contributed by atoms with E-state index in [-0.39, 0.29) is 29.7 Å². The van der Waals surface area contributed by atoms with Crippen molar-refractivity contribution < 1.29 is 57.2 Å². The molecule has 0 spiro atoms. The van der Waals surface area contributed by atoms with Crippen molar-refractivity contribution in [3.05, 3.63) is 0 Å². The summed E-state index contributed by atoms with van der Waals surface area (Å²) >= 11 is 0. The minimum absolute atomic E-state index is 0. The van der Waals surface area contributed by atoms with Crippen LogP contribution in [0.4, 0.5) is 0 Å². The predicted octanol–water partition coefficient (Wildman–Crippen LogP) is 8.59. The molecule has 0 unspecified atom stereocenters. The van der Waals surface area contributed by atoms with Gasteiger partial charge in [0.15, 0.2) is 26.4 Å². The van der Waals surface area contributed by atoms with Crippen LogP contribution < -0.4 is 0 Å². The zero-order valence-corrected chi connectivity index (χ0v) is 31.5. The van der Waals surface area contributed by atoms with Crippen molar-refractivity contribution >= 4 is 35.8 Å². The molecule has 0 aromatic heterocycles. The van der Waals surface area contributed by atoms with Crippen molar-refractivity contribution in [2.24, 2.45) is 34.5 Å². The smallest absolute Gasteiger partial charge is 0.344 e. The third kappa shape index (κ3) is 14.2. The third-order valence-corrected chi connectivity index (χ3v) is 11.6. The summed E-state index contributed by atoms with van der Waals surface area (Å²) in [5, 5.41) is 0. The van der Waals surface area contributed by atoms with E-state index in [0.717, 1.165) is 69.6 Å². The molecule has 0 radical (unpaired) electrons. The Balaban J connectivity index is 0. The molecule has 0 N–H and O–H groups in total. The van der Waals surface area contributed by atoms with Gasteiger partial charge in [-0.15, -0.1) is 0 Å². The number of carbonyl (C=O) groups excluding carboxylic acids is 6.